The molecule has 3 N–H and O–H groups in total. The van der Waals surface area contributed by atoms with E-state index in [2.05, 4.69) is 20.4 Å². The molecule has 25 heavy (non-hydrogen) atoms. The largest absolute Gasteiger partial charge is 0.394 e. The minimum atomic E-state index is -0.526. The lowest BCUT2D eigenvalue weighted by molar-refractivity contribution is -0.113. The van der Waals surface area contributed by atoms with Crippen LogP contribution in [0.15, 0.2) is 40.4 Å². The number of aromatic nitrogens is 4. The predicted octanol–water partition coefficient (Wildman–Crippen LogP) is 0.982. The van der Waals surface area contributed by atoms with Gasteiger partial charge in [-0.15, -0.1) is 0 Å². The van der Waals surface area contributed by atoms with Crippen molar-refractivity contribution in [3.63, 3.8) is 0 Å². The van der Waals surface area contributed by atoms with E-state index in [0.717, 1.165) is 11.8 Å². The fraction of sp³-hybridized carbons (Fsp3) is 0.200. The molecule has 1 amide bonds. The van der Waals surface area contributed by atoms with Gasteiger partial charge in [0, 0.05) is 0 Å². The van der Waals surface area contributed by atoms with Gasteiger partial charge in [0.2, 0.25) is 5.91 Å². The number of anilines is 1. The Morgan fingerprint density at radius 3 is 2.96 bits per heavy atom. The molecule has 0 spiro atoms. The van der Waals surface area contributed by atoms with Gasteiger partial charge in [-0.25, -0.2) is 14.1 Å². The molecule has 130 valence electrons. The Morgan fingerprint density at radius 1 is 1.40 bits per heavy atom. The smallest absolute Gasteiger partial charge is 0.262 e. The number of hydrogen-bond donors (Lipinski definition) is 3. The van der Waals surface area contributed by atoms with Gasteiger partial charge in [0.05, 0.1) is 30.8 Å². The van der Waals surface area contributed by atoms with Gasteiger partial charge < -0.3 is 15.4 Å². The maximum Gasteiger partial charge on any atom is 0.262 e. The number of carbonyl (C=O) groups is 1. The molecule has 0 atom stereocenters. The van der Waals surface area contributed by atoms with Gasteiger partial charge in [-0.2, -0.15) is 5.10 Å². The number of amides is 1. The highest BCUT2D eigenvalue weighted by Gasteiger charge is 2.12. The number of aromatic amines is 1. The number of benzene rings is 1. The first-order chi connectivity index (χ1) is 12.1. The number of thioether (sulfide) groups is 1. The van der Waals surface area contributed by atoms with Gasteiger partial charge >= 0.3 is 0 Å². The van der Waals surface area contributed by atoms with E-state index < -0.39 is 11.7 Å². The van der Waals surface area contributed by atoms with Crippen LogP contribution in [0.1, 0.15) is 0 Å². The summed E-state index contributed by atoms with van der Waals surface area (Å²) in [5.41, 5.74) is 0.0343. The van der Waals surface area contributed by atoms with E-state index in [9.17, 15) is 14.0 Å². The van der Waals surface area contributed by atoms with Crippen LogP contribution >= 0.6 is 11.8 Å². The number of fused-ring (bicyclic) bond motifs is 1. The van der Waals surface area contributed by atoms with Gasteiger partial charge in [-0.3, -0.25) is 9.59 Å². The van der Waals surface area contributed by atoms with Gasteiger partial charge in [0.15, 0.2) is 10.8 Å². The monoisotopic (exact) mass is 363 g/mol. The quantitative estimate of drug-likeness (QED) is 0.445. The molecule has 0 saturated heterocycles. The summed E-state index contributed by atoms with van der Waals surface area (Å²) < 4.78 is 14.9. The standard InChI is InChI=1S/C15H14FN5O3S/c16-10-3-1-2-4-11(10)18-12(23)8-25-15-19-13-9(14(24)20-15)7-17-21(13)5-6-22/h1-4,7,22H,5-6,8H2,(H,18,23)(H,19,20,24). The average molecular weight is 363 g/mol. The van der Waals surface area contributed by atoms with Crippen LogP contribution < -0.4 is 10.9 Å². The molecule has 2 aromatic heterocycles. The first kappa shape index (κ1) is 17.1. The number of H-pyrrole nitrogens is 1. The van der Waals surface area contributed by atoms with Crippen molar-refractivity contribution in [2.75, 3.05) is 17.7 Å². The molecular weight excluding hydrogens is 349 g/mol. The van der Waals surface area contributed by atoms with E-state index in [4.69, 9.17) is 5.11 Å². The van der Waals surface area contributed by atoms with E-state index in [1.807, 2.05) is 0 Å². The highest BCUT2D eigenvalue weighted by atomic mass is 32.2. The maximum absolute atomic E-state index is 13.5. The molecule has 1 aromatic carbocycles. The van der Waals surface area contributed by atoms with Crippen molar-refractivity contribution < 1.29 is 14.3 Å². The number of para-hydroxylation sites is 1. The van der Waals surface area contributed by atoms with Crippen LogP contribution in [0, 0.1) is 5.82 Å². The third-order valence-corrected chi connectivity index (χ3v) is 4.16. The van der Waals surface area contributed by atoms with E-state index in [0.29, 0.717) is 11.0 Å². The van der Waals surface area contributed by atoms with Crippen LogP contribution in [-0.4, -0.2) is 43.1 Å². The Morgan fingerprint density at radius 2 is 2.20 bits per heavy atom. The number of carbonyl (C=O) groups excluding carboxylic acids is 1. The number of rotatable bonds is 6. The van der Waals surface area contributed by atoms with Crippen LogP contribution in [0.25, 0.3) is 11.0 Å². The number of aliphatic hydroxyl groups is 1. The van der Waals surface area contributed by atoms with Crippen molar-refractivity contribution in [2.45, 2.75) is 11.7 Å². The first-order valence-corrected chi connectivity index (χ1v) is 8.31. The van der Waals surface area contributed by atoms with E-state index in [1.165, 1.54) is 29.1 Å². The number of nitrogens with one attached hydrogen (secondary N) is 2. The van der Waals surface area contributed by atoms with E-state index in [-0.39, 0.29) is 35.3 Å². The molecule has 0 aliphatic carbocycles. The molecule has 3 aromatic rings. The molecule has 8 nitrogen and oxygen atoms in total. The number of halogens is 1. The van der Waals surface area contributed by atoms with Crippen molar-refractivity contribution in [2.24, 2.45) is 0 Å². The Bertz CT molecular complexity index is 971. The van der Waals surface area contributed by atoms with Gasteiger partial charge in [0.1, 0.15) is 11.2 Å². The maximum atomic E-state index is 13.5. The third kappa shape index (κ3) is 3.86. The first-order valence-electron chi connectivity index (χ1n) is 7.32. The zero-order valence-corrected chi connectivity index (χ0v) is 13.7. The second-order valence-electron chi connectivity index (χ2n) is 5.02. The molecule has 0 saturated carbocycles. The van der Waals surface area contributed by atoms with Crippen molar-refractivity contribution >= 4 is 34.4 Å². The minimum absolute atomic E-state index is 0.0586. The Labute approximate surface area is 145 Å². The van der Waals surface area contributed by atoms with Crippen LogP contribution in [0.4, 0.5) is 10.1 Å². The molecule has 10 heteroatoms. The molecule has 0 unspecified atom stereocenters. The second kappa shape index (κ2) is 7.45. The summed E-state index contributed by atoms with van der Waals surface area (Å²) in [5, 5.41) is 16.0. The molecule has 0 aliphatic rings. The highest BCUT2D eigenvalue weighted by Crippen LogP contribution is 2.17. The third-order valence-electron chi connectivity index (χ3n) is 3.28. The minimum Gasteiger partial charge on any atom is -0.394 e. The summed E-state index contributed by atoms with van der Waals surface area (Å²) in [5.74, 6) is -1.01. The molecule has 0 fully saturated rings. The van der Waals surface area contributed by atoms with Crippen LogP contribution in [0.3, 0.4) is 0 Å². The topological polar surface area (TPSA) is 113 Å². The second-order valence-corrected chi connectivity index (χ2v) is 5.98. The Hall–Kier alpha value is -2.72. The van der Waals surface area contributed by atoms with E-state index >= 15 is 0 Å². The summed E-state index contributed by atoms with van der Waals surface area (Å²) in [6, 6.07) is 5.84. The summed E-state index contributed by atoms with van der Waals surface area (Å²) >= 11 is 1.01. The zero-order valence-electron chi connectivity index (χ0n) is 12.9. The zero-order chi connectivity index (χ0) is 17.8. The number of hydrogen-bond acceptors (Lipinski definition) is 6. The summed E-state index contributed by atoms with van der Waals surface area (Å²) in [6.45, 7) is 0.0661. The Balaban J connectivity index is 1.72. The van der Waals surface area contributed by atoms with Crippen molar-refractivity contribution in [3.8, 4) is 0 Å². The lowest BCUT2D eigenvalue weighted by Crippen LogP contribution is -2.16. The molecular formula is C15H14FN5O3S. The summed E-state index contributed by atoms with van der Waals surface area (Å²) in [4.78, 5) is 30.8. The molecule has 0 bridgehead atoms. The molecule has 0 aliphatic heterocycles. The number of aliphatic hydroxyl groups excluding tert-OH is 1. The SMILES string of the molecule is O=C(CSc1nc2c(cnn2CCO)c(=O)[nH]1)Nc1ccccc1F. The highest BCUT2D eigenvalue weighted by molar-refractivity contribution is 7.99. The van der Waals surface area contributed by atoms with E-state index in [1.54, 1.807) is 6.07 Å². The van der Waals surface area contributed by atoms with Crippen molar-refractivity contribution in [3.05, 3.63) is 46.6 Å². The van der Waals surface area contributed by atoms with Crippen LogP contribution in [0.2, 0.25) is 0 Å². The molecule has 0 radical (unpaired) electrons. The van der Waals surface area contributed by atoms with Crippen LogP contribution in [0.5, 0.6) is 0 Å². The predicted molar refractivity (Wildman–Crippen MR) is 91.0 cm³/mol. The fourth-order valence-corrected chi connectivity index (χ4v) is 2.81. The molecule has 3 rings (SSSR count). The fourth-order valence-electron chi connectivity index (χ4n) is 2.16. The normalized spacial score (nSPS) is 11.0. The lowest BCUT2D eigenvalue weighted by Gasteiger charge is -2.06. The van der Waals surface area contributed by atoms with Gasteiger partial charge in [0.25, 0.3) is 5.56 Å². The lowest BCUT2D eigenvalue weighted by atomic mass is 10.3. The Kier molecular flexibility index (Phi) is 5.10. The van der Waals surface area contributed by atoms with Crippen LogP contribution in [-0.2, 0) is 11.3 Å². The van der Waals surface area contributed by atoms with Crippen molar-refractivity contribution in [1.29, 1.82) is 0 Å². The van der Waals surface area contributed by atoms with Crippen molar-refractivity contribution in [1.82, 2.24) is 19.7 Å². The molecule has 2 heterocycles. The average Bonchev–Trinajstić information content (AvgIpc) is 2.99. The number of nitrogens with zero attached hydrogens (tertiary/aromatic N) is 3. The summed E-state index contributed by atoms with van der Waals surface area (Å²) in [6.07, 6.45) is 1.37. The van der Waals surface area contributed by atoms with Gasteiger partial charge in [-0.05, 0) is 12.1 Å². The summed E-state index contributed by atoms with van der Waals surface area (Å²) in [7, 11) is 0. The van der Waals surface area contributed by atoms with Gasteiger partial charge in [-0.1, -0.05) is 23.9 Å².